The van der Waals surface area contributed by atoms with E-state index in [1.165, 1.54) is 10.4 Å². The average Bonchev–Trinajstić information content (AvgIpc) is 2.76. The fourth-order valence-electron chi connectivity index (χ4n) is 3.86. The van der Waals surface area contributed by atoms with Crippen LogP contribution in [0.4, 0.5) is 9.59 Å². The summed E-state index contributed by atoms with van der Waals surface area (Å²) >= 11 is 0. The van der Waals surface area contributed by atoms with E-state index in [-0.39, 0.29) is 25.0 Å². The van der Waals surface area contributed by atoms with Gasteiger partial charge in [0.25, 0.3) is 11.2 Å². The van der Waals surface area contributed by atoms with Crippen molar-refractivity contribution in [1.82, 2.24) is 0 Å². The third kappa shape index (κ3) is 7.05. The maximum Gasteiger partial charge on any atom is 0.370 e. The Morgan fingerprint density at radius 1 is 0.571 bits per heavy atom. The predicted octanol–water partition coefficient (Wildman–Crippen LogP) is 5.09. The first-order valence-corrected chi connectivity index (χ1v) is 21.7. The molecule has 0 aliphatic rings. The Morgan fingerprint density at radius 2 is 0.829 bits per heavy atom. The van der Waals surface area contributed by atoms with Crippen LogP contribution >= 0.6 is 0 Å². The highest BCUT2D eigenvalue weighted by Crippen LogP contribution is 2.16. The smallest absolute Gasteiger partial charge is 0.370 e. The Balaban J connectivity index is 2.78. The maximum absolute atomic E-state index is 14.0. The quantitative estimate of drug-likeness (QED) is 0.403. The van der Waals surface area contributed by atoms with Crippen LogP contribution in [-0.4, -0.2) is 48.6 Å². The highest BCUT2D eigenvalue weighted by Gasteiger charge is 2.57. The number of hydrogen-bond acceptors (Lipinski definition) is 4. The molecule has 0 aliphatic heterocycles. The lowest BCUT2D eigenvalue weighted by Crippen LogP contribution is -2.71. The molecule has 0 aliphatic carbocycles. The first-order chi connectivity index (χ1) is 16.1. The molecule has 0 bridgehead atoms. The van der Waals surface area contributed by atoms with Crippen LogP contribution in [-0.2, 0) is 9.47 Å². The first kappa shape index (κ1) is 29.3. The lowest BCUT2D eigenvalue weighted by atomic mass is 10.2. The zero-order valence-electron chi connectivity index (χ0n) is 23.3. The molecule has 2 rings (SSSR count). The largest absolute Gasteiger partial charge is 0.469 e. The zero-order chi connectivity index (χ0) is 26.6. The van der Waals surface area contributed by atoms with Crippen molar-refractivity contribution in [1.29, 1.82) is 0 Å². The summed E-state index contributed by atoms with van der Waals surface area (Å²) in [6.07, 6.45) is 0. The molecular weight excluding hydrogens is 485 g/mol. The van der Waals surface area contributed by atoms with Gasteiger partial charge in [0.05, 0.1) is 29.4 Å². The summed E-state index contributed by atoms with van der Waals surface area (Å²) in [7, 11) is -6.84. The van der Waals surface area contributed by atoms with Crippen molar-refractivity contribution < 1.29 is 19.1 Å². The van der Waals surface area contributed by atoms with Gasteiger partial charge in [0.2, 0.25) is 0 Å². The van der Waals surface area contributed by atoms with Crippen LogP contribution in [0.25, 0.3) is 0 Å². The lowest BCUT2D eigenvalue weighted by molar-refractivity contribution is 0.147. The predicted molar refractivity (Wildman–Crippen MR) is 156 cm³/mol. The minimum absolute atomic E-state index is 0.167. The molecule has 0 amide bonds. The van der Waals surface area contributed by atoms with Gasteiger partial charge >= 0.3 is 8.07 Å². The SMILES string of the molecule is CC(C)COC(=O)[Si](C(=O)OCC(C)C)(c1ccc([Si](C)(C)C)cc1)c1ccc([Si](C)(C)C)cc1. The van der Waals surface area contributed by atoms with Crippen LogP contribution in [0.1, 0.15) is 27.7 Å². The van der Waals surface area contributed by atoms with E-state index in [1.54, 1.807) is 0 Å². The number of rotatable bonds is 10. The van der Waals surface area contributed by atoms with Gasteiger partial charge in [0, 0.05) is 0 Å². The Labute approximate surface area is 215 Å². The van der Waals surface area contributed by atoms with Gasteiger partial charge in [-0.25, -0.2) is 0 Å². The van der Waals surface area contributed by atoms with Crippen molar-refractivity contribution in [3.63, 3.8) is 0 Å². The summed E-state index contributed by atoms with van der Waals surface area (Å²) < 4.78 is 11.7. The number of benzene rings is 2. The van der Waals surface area contributed by atoms with Crippen molar-refractivity contribution in [3.8, 4) is 0 Å². The minimum Gasteiger partial charge on any atom is -0.469 e. The molecule has 0 unspecified atom stereocenters. The van der Waals surface area contributed by atoms with Gasteiger partial charge < -0.3 is 9.47 Å². The van der Waals surface area contributed by atoms with Crippen molar-refractivity contribution in [2.75, 3.05) is 13.2 Å². The van der Waals surface area contributed by atoms with Crippen LogP contribution in [0.15, 0.2) is 48.5 Å². The molecule has 0 saturated carbocycles. The molecule has 35 heavy (non-hydrogen) atoms. The van der Waals surface area contributed by atoms with Crippen LogP contribution in [0.2, 0.25) is 39.3 Å². The molecule has 2 aromatic carbocycles. The summed E-state index contributed by atoms with van der Waals surface area (Å²) in [5, 5.41) is 4.01. The molecule has 0 radical (unpaired) electrons. The van der Waals surface area contributed by atoms with Gasteiger partial charge in [-0.05, 0) is 22.2 Å². The van der Waals surface area contributed by atoms with Crippen LogP contribution < -0.4 is 20.7 Å². The standard InChI is InChI=1S/C28H44O4Si3/c1-21(2)19-31-27(29)35(28(30)32-20-22(3)4,25-15-11-23(12-16-25)33(5,6)7)26-17-13-24(14-18-26)34(8,9)10/h11-18,21-22H,19-20H2,1-10H3. The molecule has 0 N–H and O–H groups in total. The van der Waals surface area contributed by atoms with E-state index in [9.17, 15) is 9.59 Å². The lowest BCUT2D eigenvalue weighted by Gasteiger charge is -2.30. The second-order valence-corrected chi connectivity index (χ2v) is 26.0. The molecule has 192 valence electrons. The van der Waals surface area contributed by atoms with Gasteiger partial charge in [-0.1, -0.05) is 126 Å². The van der Waals surface area contributed by atoms with Crippen molar-refractivity contribution >= 4 is 56.2 Å². The fourth-order valence-corrected chi connectivity index (χ4v) is 9.57. The molecule has 4 nitrogen and oxygen atoms in total. The van der Waals surface area contributed by atoms with Gasteiger partial charge in [-0.2, -0.15) is 0 Å². The number of carbonyl (C=O) groups excluding carboxylic acids is 2. The maximum atomic E-state index is 14.0. The molecule has 0 spiro atoms. The van der Waals surface area contributed by atoms with E-state index in [0.29, 0.717) is 0 Å². The zero-order valence-corrected chi connectivity index (χ0v) is 26.3. The average molecular weight is 529 g/mol. The van der Waals surface area contributed by atoms with E-state index in [4.69, 9.17) is 9.47 Å². The van der Waals surface area contributed by atoms with Crippen molar-refractivity contribution in [2.45, 2.75) is 67.0 Å². The second-order valence-electron chi connectivity index (χ2n) is 12.4. The third-order valence-corrected chi connectivity index (χ3v) is 14.1. The molecule has 0 fully saturated rings. The minimum atomic E-state index is -3.74. The molecule has 0 heterocycles. The third-order valence-electron chi connectivity index (χ3n) is 6.08. The fraction of sp³-hybridized carbons (Fsp3) is 0.500. The Bertz CT molecular complexity index is 915. The van der Waals surface area contributed by atoms with Crippen LogP contribution in [0, 0.1) is 11.8 Å². The number of ether oxygens (including phenoxy) is 2. The molecule has 2 aromatic rings. The number of hydrogen-bond donors (Lipinski definition) is 0. The van der Waals surface area contributed by atoms with E-state index in [1.807, 2.05) is 52.0 Å². The van der Waals surface area contributed by atoms with Gasteiger partial charge in [0.1, 0.15) is 0 Å². The topological polar surface area (TPSA) is 52.6 Å². The van der Waals surface area contributed by atoms with Crippen molar-refractivity contribution in [2.24, 2.45) is 11.8 Å². The number of carbonyl (C=O) groups is 2. The Hall–Kier alpha value is -1.97. The van der Waals surface area contributed by atoms with E-state index >= 15 is 0 Å². The summed E-state index contributed by atoms with van der Waals surface area (Å²) in [5.74, 6) is 0.335. The van der Waals surface area contributed by atoms with E-state index in [2.05, 4.69) is 63.5 Å². The molecular formula is C28H44O4Si3. The summed E-state index contributed by atoms with van der Waals surface area (Å²) in [6, 6.07) is 16.2. The molecule has 0 atom stereocenters. The summed E-state index contributed by atoms with van der Waals surface area (Å²) in [4.78, 5) is 28.0. The van der Waals surface area contributed by atoms with Gasteiger partial charge in [-0.15, -0.1) is 0 Å². The normalized spacial score (nSPS) is 12.7. The highest BCUT2D eigenvalue weighted by molar-refractivity contribution is 7.37. The Kier molecular flexibility index (Phi) is 9.53. The van der Waals surface area contributed by atoms with Crippen molar-refractivity contribution in [3.05, 3.63) is 48.5 Å². The molecule has 0 saturated heterocycles. The molecule has 7 heteroatoms. The van der Waals surface area contributed by atoms with E-state index in [0.717, 1.165) is 10.4 Å². The first-order valence-electron chi connectivity index (χ1n) is 12.7. The van der Waals surface area contributed by atoms with Crippen LogP contribution in [0.3, 0.4) is 0 Å². The van der Waals surface area contributed by atoms with Gasteiger partial charge in [0.15, 0.2) is 0 Å². The molecule has 0 aromatic heterocycles. The van der Waals surface area contributed by atoms with Gasteiger partial charge in [-0.3, -0.25) is 9.59 Å². The van der Waals surface area contributed by atoms with E-state index < -0.39 is 35.4 Å². The highest BCUT2D eigenvalue weighted by atomic mass is 28.3. The summed E-state index contributed by atoms with van der Waals surface area (Å²) in [5.41, 5.74) is -0.886. The van der Waals surface area contributed by atoms with Crippen LogP contribution in [0.5, 0.6) is 0 Å². The monoisotopic (exact) mass is 528 g/mol. The summed E-state index contributed by atoms with van der Waals surface area (Å²) in [6.45, 7) is 22.3. The second kappa shape index (κ2) is 11.4. The Morgan fingerprint density at radius 3 is 1.06 bits per heavy atom.